The van der Waals surface area contributed by atoms with Crippen LogP contribution in [-0.2, 0) is 14.4 Å². The number of amides is 5. The lowest BCUT2D eigenvalue weighted by Crippen LogP contribution is -2.51. The molecule has 1 N–H and O–H groups in total. The van der Waals surface area contributed by atoms with Crippen LogP contribution in [0.15, 0.2) is 0 Å². The first-order chi connectivity index (χ1) is 16.0. The van der Waals surface area contributed by atoms with Crippen LogP contribution in [0.1, 0.15) is 79.1 Å². The van der Waals surface area contributed by atoms with E-state index in [4.69, 9.17) is 0 Å². The second kappa shape index (κ2) is 9.50. The first-order valence-electron chi connectivity index (χ1n) is 13.2. The average Bonchev–Trinajstić information content (AvgIpc) is 3.02. The molecule has 1 unspecified atom stereocenters. The van der Waals surface area contributed by atoms with E-state index in [0.717, 1.165) is 37.3 Å². The molecular weight excluding hydrogens is 432 g/mol. The molecule has 4 rings (SSSR count). The van der Waals surface area contributed by atoms with E-state index in [2.05, 4.69) is 33.0 Å². The number of nitrogens with one attached hydrogen (secondary N) is 1. The Morgan fingerprint density at radius 1 is 0.971 bits per heavy atom. The van der Waals surface area contributed by atoms with Crippen molar-refractivity contribution in [3.05, 3.63) is 0 Å². The molecule has 3 saturated heterocycles. The number of likely N-dealkylation sites (tertiary alicyclic amines) is 2. The van der Waals surface area contributed by atoms with Crippen molar-refractivity contribution in [1.29, 1.82) is 0 Å². The first-order valence-corrected chi connectivity index (χ1v) is 13.2. The van der Waals surface area contributed by atoms with Gasteiger partial charge >= 0.3 is 6.03 Å². The smallest absolute Gasteiger partial charge is 0.325 e. The molecule has 3 heterocycles. The van der Waals surface area contributed by atoms with Crippen LogP contribution in [0.3, 0.4) is 0 Å². The van der Waals surface area contributed by atoms with Crippen molar-refractivity contribution in [3.63, 3.8) is 0 Å². The monoisotopic (exact) mass is 474 g/mol. The van der Waals surface area contributed by atoms with E-state index in [-0.39, 0.29) is 35.6 Å². The van der Waals surface area contributed by atoms with Gasteiger partial charge in [0.1, 0.15) is 12.1 Å². The molecule has 34 heavy (non-hydrogen) atoms. The molecule has 1 atom stereocenters. The van der Waals surface area contributed by atoms with Crippen molar-refractivity contribution < 1.29 is 19.2 Å². The van der Waals surface area contributed by atoms with Crippen molar-refractivity contribution in [1.82, 2.24) is 20.0 Å². The molecule has 3 aliphatic heterocycles. The number of rotatable bonds is 3. The van der Waals surface area contributed by atoms with Crippen LogP contribution in [0.25, 0.3) is 0 Å². The summed E-state index contributed by atoms with van der Waals surface area (Å²) in [5.41, 5.74) is -0.660. The lowest BCUT2D eigenvalue weighted by molar-refractivity contribution is -0.143. The summed E-state index contributed by atoms with van der Waals surface area (Å²) in [6.07, 6.45) is 6.59. The first kappa shape index (κ1) is 25.0. The van der Waals surface area contributed by atoms with E-state index in [1.807, 2.05) is 4.90 Å². The largest absolute Gasteiger partial charge is 0.342 e. The summed E-state index contributed by atoms with van der Waals surface area (Å²) >= 11 is 0. The molecule has 1 saturated carbocycles. The lowest BCUT2D eigenvalue weighted by Gasteiger charge is -2.40. The number of urea groups is 1. The Kier molecular flexibility index (Phi) is 6.98. The summed E-state index contributed by atoms with van der Waals surface area (Å²) in [4.78, 5) is 56.6. The van der Waals surface area contributed by atoms with Crippen LogP contribution in [-0.4, -0.2) is 76.7 Å². The standard InChI is InChI=1S/C26H42N4O4/c1-18-6-5-13-29(16-18)22(32)19-9-14-28(15-10-19)21(31)17-30-23(33)26(27-24(30)34)11-7-20(8-12-26)25(2,3)4/h18-20H,5-17H2,1-4H3,(H,27,34). The third-order valence-corrected chi connectivity index (χ3v) is 8.77. The summed E-state index contributed by atoms with van der Waals surface area (Å²) in [7, 11) is 0. The van der Waals surface area contributed by atoms with Gasteiger partial charge in [0.05, 0.1) is 0 Å². The van der Waals surface area contributed by atoms with E-state index < -0.39 is 11.6 Å². The molecule has 8 nitrogen and oxygen atoms in total. The van der Waals surface area contributed by atoms with Crippen LogP contribution in [0.4, 0.5) is 4.79 Å². The van der Waals surface area contributed by atoms with Crippen molar-refractivity contribution in [2.24, 2.45) is 23.2 Å². The van der Waals surface area contributed by atoms with E-state index in [1.54, 1.807) is 4.90 Å². The van der Waals surface area contributed by atoms with Crippen molar-refractivity contribution in [3.8, 4) is 0 Å². The maximum atomic E-state index is 13.2. The third-order valence-electron chi connectivity index (χ3n) is 8.77. The van der Waals surface area contributed by atoms with Crippen LogP contribution in [0.2, 0.25) is 0 Å². The predicted molar refractivity (Wildman–Crippen MR) is 129 cm³/mol. The van der Waals surface area contributed by atoms with Gasteiger partial charge in [0.25, 0.3) is 5.91 Å². The SMILES string of the molecule is CC1CCCN(C(=O)C2CCN(C(=O)CN3C(=O)NC4(CCC(C(C)(C)C)CC4)C3=O)CC2)C1. The highest BCUT2D eigenvalue weighted by molar-refractivity contribution is 6.09. The number of carbonyl (C=O) groups is 4. The molecule has 1 spiro atoms. The van der Waals surface area contributed by atoms with E-state index in [9.17, 15) is 19.2 Å². The van der Waals surface area contributed by atoms with E-state index >= 15 is 0 Å². The fraction of sp³-hybridized carbons (Fsp3) is 0.846. The van der Waals surface area contributed by atoms with Crippen LogP contribution in [0.5, 0.6) is 0 Å². The topological polar surface area (TPSA) is 90.0 Å². The highest BCUT2D eigenvalue weighted by atomic mass is 16.2. The van der Waals surface area contributed by atoms with Gasteiger partial charge in [-0.3, -0.25) is 19.3 Å². The van der Waals surface area contributed by atoms with Gasteiger partial charge in [-0.2, -0.15) is 0 Å². The quantitative estimate of drug-likeness (QED) is 0.637. The molecule has 0 aromatic heterocycles. The van der Waals surface area contributed by atoms with Crippen molar-refractivity contribution in [2.75, 3.05) is 32.7 Å². The summed E-state index contributed by atoms with van der Waals surface area (Å²) < 4.78 is 0. The third kappa shape index (κ3) is 4.96. The van der Waals surface area contributed by atoms with Crippen molar-refractivity contribution in [2.45, 2.75) is 84.6 Å². The Bertz CT molecular complexity index is 819. The molecule has 0 aromatic rings. The molecule has 8 heteroatoms. The fourth-order valence-electron chi connectivity index (χ4n) is 6.39. The summed E-state index contributed by atoms with van der Waals surface area (Å²) in [5, 5.41) is 2.93. The number of hydrogen-bond acceptors (Lipinski definition) is 4. The van der Waals surface area contributed by atoms with Crippen LogP contribution < -0.4 is 5.32 Å². The van der Waals surface area contributed by atoms with Gasteiger partial charge in [-0.05, 0) is 68.6 Å². The Morgan fingerprint density at radius 2 is 1.62 bits per heavy atom. The highest BCUT2D eigenvalue weighted by Crippen LogP contribution is 2.43. The van der Waals surface area contributed by atoms with E-state index in [0.29, 0.717) is 50.6 Å². The number of imide groups is 1. The van der Waals surface area contributed by atoms with Gasteiger partial charge in [-0.25, -0.2) is 4.79 Å². The number of piperidine rings is 2. The highest BCUT2D eigenvalue weighted by Gasteiger charge is 2.53. The molecule has 0 bridgehead atoms. The maximum Gasteiger partial charge on any atom is 0.325 e. The zero-order valence-corrected chi connectivity index (χ0v) is 21.4. The number of carbonyl (C=O) groups excluding carboxylic acids is 4. The van der Waals surface area contributed by atoms with Gasteiger partial charge in [0.15, 0.2) is 0 Å². The summed E-state index contributed by atoms with van der Waals surface area (Å²) in [6, 6.07) is -0.447. The lowest BCUT2D eigenvalue weighted by atomic mass is 9.67. The summed E-state index contributed by atoms with van der Waals surface area (Å²) in [5.74, 6) is 0.808. The normalized spacial score (nSPS) is 31.2. The Morgan fingerprint density at radius 3 is 2.21 bits per heavy atom. The molecule has 0 radical (unpaired) electrons. The molecular formula is C26H42N4O4. The Labute approximate surface area is 203 Å². The number of nitrogens with zero attached hydrogens (tertiary/aromatic N) is 3. The van der Waals surface area contributed by atoms with E-state index in [1.165, 1.54) is 6.42 Å². The minimum atomic E-state index is -0.843. The van der Waals surface area contributed by atoms with Crippen molar-refractivity contribution >= 4 is 23.8 Å². The molecule has 1 aliphatic carbocycles. The molecule has 4 fully saturated rings. The molecule has 4 aliphatic rings. The second-order valence-corrected chi connectivity index (χ2v) is 12.2. The molecule has 190 valence electrons. The van der Waals surface area contributed by atoms with Gasteiger partial charge in [-0.15, -0.1) is 0 Å². The predicted octanol–water partition coefficient (Wildman–Crippen LogP) is 3.01. The van der Waals surface area contributed by atoms with Gasteiger partial charge in [0.2, 0.25) is 11.8 Å². The number of hydrogen-bond donors (Lipinski definition) is 1. The second-order valence-electron chi connectivity index (χ2n) is 12.2. The molecule has 0 aromatic carbocycles. The minimum Gasteiger partial charge on any atom is -0.342 e. The average molecular weight is 475 g/mol. The minimum absolute atomic E-state index is 0.0349. The van der Waals surface area contributed by atoms with Crippen LogP contribution >= 0.6 is 0 Å². The Balaban J connectivity index is 1.28. The van der Waals surface area contributed by atoms with Gasteiger partial charge in [-0.1, -0.05) is 27.7 Å². The van der Waals surface area contributed by atoms with Gasteiger partial charge < -0.3 is 15.1 Å². The molecule has 5 amide bonds. The summed E-state index contributed by atoms with van der Waals surface area (Å²) in [6.45, 7) is 11.3. The maximum absolute atomic E-state index is 13.2. The Hall–Kier alpha value is -2.12. The van der Waals surface area contributed by atoms with Crippen LogP contribution in [0, 0.1) is 23.2 Å². The zero-order chi connectivity index (χ0) is 24.7. The van der Waals surface area contributed by atoms with Gasteiger partial charge in [0, 0.05) is 32.1 Å². The fourth-order valence-corrected chi connectivity index (χ4v) is 6.39. The zero-order valence-electron chi connectivity index (χ0n) is 21.4.